The van der Waals surface area contributed by atoms with Gasteiger partial charge in [0.2, 0.25) is 0 Å². The average Bonchev–Trinajstić information content (AvgIpc) is 3.17. The molecular formula is C20H23N5O2. The quantitative estimate of drug-likeness (QED) is 0.536. The third kappa shape index (κ3) is 3.51. The highest BCUT2D eigenvalue weighted by Gasteiger charge is 2.24. The second-order valence-corrected chi connectivity index (χ2v) is 6.93. The molecule has 0 spiro atoms. The minimum atomic E-state index is -0.369. The van der Waals surface area contributed by atoms with Gasteiger partial charge in [0.25, 0.3) is 5.69 Å². The van der Waals surface area contributed by atoms with Crippen molar-refractivity contribution in [2.45, 2.75) is 6.04 Å². The normalized spacial score (nSPS) is 16.6. The molecule has 1 aliphatic heterocycles. The van der Waals surface area contributed by atoms with Crippen LogP contribution in [-0.2, 0) is 0 Å². The fourth-order valence-electron chi connectivity index (χ4n) is 3.86. The van der Waals surface area contributed by atoms with E-state index in [9.17, 15) is 10.1 Å². The molecule has 1 saturated heterocycles. The van der Waals surface area contributed by atoms with Crippen LogP contribution in [0.5, 0.6) is 0 Å². The number of piperazine rings is 1. The van der Waals surface area contributed by atoms with Crippen molar-refractivity contribution in [2.75, 3.05) is 37.6 Å². The molecule has 1 unspecified atom stereocenters. The first-order valence-electron chi connectivity index (χ1n) is 9.16. The predicted octanol–water partition coefficient (Wildman–Crippen LogP) is 2.90. The molecule has 1 atom stereocenters. The van der Waals surface area contributed by atoms with Gasteiger partial charge in [-0.2, -0.15) is 0 Å². The Hall–Kier alpha value is -2.90. The van der Waals surface area contributed by atoms with E-state index in [0.717, 1.165) is 31.7 Å². The zero-order valence-electron chi connectivity index (χ0n) is 15.0. The Kier molecular flexibility index (Phi) is 4.79. The maximum Gasteiger partial charge on any atom is 0.274 e. The summed E-state index contributed by atoms with van der Waals surface area (Å²) in [5.41, 5.74) is 9.40. The number of para-hydroxylation sites is 1. The molecule has 0 saturated carbocycles. The van der Waals surface area contributed by atoms with Crippen LogP contribution in [0.2, 0.25) is 0 Å². The number of H-pyrrole nitrogens is 1. The second kappa shape index (κ2) is 7.38. The van der Waals surface area contributed by atoms with E-state index in [0.29, 0.717) is 12.1 Å². The molecular weight excluding hydrogens is 342 g/mol. The Labute approximate surface area is 157 Å². The first-order chi connectivity index (χ1) is 13.1. The number of benzene rings is 2. The molecule has 3 N–H and O–H groups in total. The van der Waals surface area contributed by atoms with Gasteiger partial charge in [0.05, 0.1) is 4.92 Å². The summed E-state index contributed by atoms with van der Waals surface area (Å²) in [5, 5.41) is 12.5. The van der Waals surface area contributed by atoms with Crippen LogP contribution in [0.25, 0.3) is 10.9 Å². The molecule has 0 radical (unpaired) electrons. The molecule has 7 nitrogen and oxygen atoms in total. The van der Waals surface area contributed by atoms with Crippen LogP contribution in [0.4, 0.5) is 11.4 Å². The van der Waals surface area contributed by atoms with Crippen LogP contribution >= 0.6 is 0 Å². The highest BCUT2D eigenvalue weighted by atomic mass is 16.6. The van der Waals surface area contributed by atoms with Gasteiger partial charge in [0.1, 0.15) is 0 Å². The molecule has 3 aromatic rings. The summed E-state index contributed by atoms with van der Waals surface area (Å²) in [6.07, 6.45) is 1.97. The number of anilines is 1. The third-order valence-electron chi connectivity index (χ3n) is 5.27. The number of aromatic amines is 1. The van der Waals surface area contributed by atoms with Gasteiger partial charge in [-0.15, -0.1) is 0 Å². The van der Waals surface area contributed by atoms with Gasteiger partial charge < -0.3 is 15.6 Å². The Morgan fingerprint density at radius 3 is 2.63 bits per heavy atom. The summed E-state index contributed by atoms with van der Waals surface area (Å²) < 4.78 is 0. The van der Waals surface area contributed by atoms with Crippen molar-refractivity contribution in [3.8, 4) is 0 Å². The number of nitro benzene ring substituents is 1. The number of nitrogens with one attached hydrogen (secondary N) is 1. The molecule has 1 aliphatic rings. The van der Waals surface area contributed by atoms with Crippen LogP contribution in [0.15, 0.2) is 54.7 Å². The largest absolute Gasteiger partial charge is 0.368 e. The van der Waals surface area contributed by atoms with Crippen molar-refractivity contribution in [1.82, 2.24) is 9.88 Å². The number of fused-ring (bicyclic) bond motifs is 1. The van der Waals surface area contributed by atoms with Crippen molar-refractivity contribution >= 4 is 22.3 Å². The minimum Gasteiger partial charge on any atom is -0.368 e. The lowest BCUT2D eigenvalue weighted by Gasteiger charge is -2.37. The highest BCUT2D eigenvalue weighted by molar-refractivity contribution is 5.92. The lowest BCUT2D eigenvalue weighted by Crippen LogP contribution is -2.48. The standard InChI is InChI=1S/C20H23N5O2/c21-17(15-4-1-2-6-20(15)25(26)27)14-23-10-12-24(13-11-23)19-7-3-5-18-16(19)8-9-22-18/h1-9,17,22H,10-14,21H2. The second-order valence-electron chi connectivity index (χ2n) is 6.93. The van der Waals surface area contributed by atoms with Gasteiger partial charge in [-0.1, -0.05) is 24.3 Å². The van der Waals surface area contributed by atoms with E-state index in [1.807, 2.05) is 6.20 Å². The zero-order chi connectivity index (χ0) is 18.8. The Balaban J connectivity index is 1.41. The number of hydrogen-bond donors (Lipinski definition) is 2. The average molecular weight is 365 g/mol. The molecule has 1 aromatic heterocycles. The van der Waals surface area contributed by atoms with Gasteiger partial charge in [0.15, 0.2) is 0 Å². The van der Waals surface area contributed by atoms with E-state index in [4.69, 9.17) is 5.73 Å². The van der Waals surface area contributed by atoms with E-state index < -0.39 is 0 Å². The third-order valence-corrected chi connectivity index (χ3v) is 5.27. The van der Waals surface area contributed by atoms with Crippen molar-refractivity contribution < 1.29 is 4.92 Å². The Morgan fingerprint density at radius 2 is 1.85 bits per heavy atom. The van der Waals surface area contributed by atoms with Crippen LogP contribution in [-0.4, -0.2) is 47.5 Å². The maximum absolute atomic E-state index is 11.2. The molecule has 2 aromatic carbocycles. The summed E-state index contributed by atoms with van der Waals surface area (Å²) in [6.45, 7) is 4.21. The molecule has 0 aliphatic carbocycles. The van der Waals surface area contributed by atoms with Crippen LogP contribution in [0.1, 0.15) is 11.6 Å². The fourth-order valence-corrected chi connectivity index (χ4v) is 3.86. The zero-order valence-corrected chi connectivity index (χ0v) is 15.0. The number of nitrogens with two attached hydrogens (primary N) is 1. The van der Waals surface area contributed by atoms with E-state index in [1.165, 1.54) is 17.1 Å². The van der Waals surface area contributed by atoms with Crippen LogP contribution in [0, 0.1) is 10.1 Å². The first-order valence-corrected chi connectivity index (χ1v) is 9.16. The summed E-state index contributed by atoms with van der Waals surface area (Å²) in [4.78, 5) is 18.8. The molecule has 1 fully saturated rings. The molecule has 0 amide bonds. The van der Waals surface area contributed by atoms with Gasteiger partial charge >= 0.3 is 0 Å². The van der Waals surface area contributed by atoms with E-state index in [2.05, 4.69) is 39.0 Å². The smallest absolute Gasteiger partial charge is 0.274 e. The molecule has 140 valence electrons. The number of hydrogen-bond acceptors (Lipinski definition) is 5. The lowest BCUT2D eigenvalue weighted by molar-refractivity contribution is -0.385. The number of nitrogens with zero attached hydrogens (tertiary/aromatic N) is 3. The van der Waals surface area contributed by atoms with E-state index >= 15 is 0 Å². The van der Waals surface area contributed by atoms with Gasteiger partial charge in [-0.25, -0.2) is 0 Å². The van der Waals surface area contributed by atoms with Crippen LogP contribution in [0.3, 0.4) is 0 Å². The van der Waals surface area contributed by atoms with Crippen molar-refractivity contribution in [2.24, 2.45) is 5.73 Å². The summed E-state index contributed by atoms with van der Waals surface area (Å²) in [7, 11) is 0. The monoisotopic (exact) mass is 365 g/mol. The molecule has 27 heavy (non-hydrogen) atoms. The summed E-state index contributed by atoms with van der Waals surface area (Å²) in [6, 6.07) is 14.8. The number of nitro groups is 1. The molecule has 0 bridgehead atoms. The first kappa shape index (κ1) is 17.5. The topological polar surface area (TPSA) is 91.4 Å². The van der Waals surface area contributed by atoms with E-state index in [1.54, 1.807) is 18.2 Å². The van der Waals surface area contributed by atoms with Gasteiger partial charge in [-0.3, -0.25) is 15.0 Å². The predicted molar refractivity (Wildman–Crippen MR) is 107 cm³/mol. The van der Waals surface area contributed by atoms with E-state index in [-0.39, 0.29) is 16.7 Å². The van der Waals surface area contributed by atoms with Gasteiger partial charge in [-0.05, 0) is 18.2 Å². The summed E-state index contributed by atoms with van der Waals surface area (Å²) in [5.74, 6) is 0. The fraction of sp³-hybridized carbons (Fsp3) is 0.300. The number of aromatic nitrogens is 1. The molecule has 7 heteroatoms. The number of rotatable bonds is 5. The molecule has 2 heterocycles. The lowest BCUT2D eigenvalue weighted by atomic mass is 10.0. The van der Waals surface area contributed by atoms with Crippen LogP contribution < -0.4 is 10.6 Å². The van der Waals surface area contributed by atoms with Gasteiger partial charge in [0, 0.05) is 73.2 Å². The summed E-state index contributed by atoms with van der Waals surface area (Å²) >= 11 is 0. The van der Waals surface area contributed by atoms with Crippen molar-refractivity contribution in [3.05, 3.63) is 70.4 Å². The highest BCUT2D eigenvalue weighted by Crippen LogP contribution is 2.28. The molecule has 4 rings (SSSR count). The SMILES string of the molecule is NC(CN1CCN(c2cccc3[nH]ccc23)CC1)c1ccccc1[N+](=O)[O-]. The maximum atomic E-state index is 11.2. The Morgan fingerprint density at radius 1 is 1.07 bits per heavy atom. The Bertz CT molecular complexity index is 946. The van der Waals surface area contributed by atoms with Crippen molar-refractivity contribution in [3.63, 3.8) is 0 Å². The van der Waals surface area contributed by atoms with Crippen molar-refractivity contribution in [1.29, 1.82) is 0 Å². The minimum absolute atomic E-state index is 0.0998.